The molecule has 0 aliphatic heterocycles. The van der Waals surface area contributed by atoms with E-state index < -0.39 is 72.6 Å². The summed E-state index contributed by atoms with van der Waals surface area (Å²) in [5.74, 6) is -7.20. The van der Waals surface area contributed by atoms with Crippen molar-refractivity contribution in [3.63, 3.8) is 0 Å². The molecular formula is C20H36N8O8. The first-order valence-corrected chi connectivity index (χ1v) is 11.1. The molecule has 0 aliphatic rings. The molecule has 16 nitrogen and oxygen atoms in total. The number of rotatable bonds is 17. The van der Waals surface area contributed by atoms with Crippen molar-refractivity contribution in [1.82, 2.24) is 16.0 Å². The number of carbonyl (C=O) groups is 6. The predicted octanol–water partition coefficient (Wildman–Crippen LogP) is -3.70. The standard InChI is InChI=1S/C20H36N8O8/c1-3-9(2)15(22)18(34)26-10(5-4-6-25-20(23)24)16(32)27-11(7-13(21)29)17(33)28-12(19(35)36)8-14(30)31/h9-12,15H,3-8,22H2,1-2H3,(H2,21,29)(H,26,34)(H,27,32)(H,28,33)(H,30,31)(H,35,36)(H4,23,24,25). The number of nitrogens with two attached hydrogens (primary N) is 4. The zero-order valence-corrected chi connectivity index (χ0v) is 20.2. The smallest absolute Gasteiger partial charge is 0.326 e. The molecule has 5 atom stereocenters. The van der Waals surface area contributed by atoms with E-state index in [2.05, 4.69) is 15.6 Å². The van der Waals surface area contributed by atoms with E-state index in [1.165, 1.54) is 0 Å². The lowest BCUT2D eigenvalue weighted by Gasteiger charge is -2.25. The Hall–Kier alpha value is -3.95. The second-order valence-corrected chi connectivity index (χ2v) is 8.15. The molecule has 0 saturated heterocycles. The third-order valence-electron chi connectivity index (χ3n) is 5.17. The lowest BCUT2D eigenvalue weighted by molar-refractivity contribution is -0.147. The van der Waals surface area contributed by atoms with Crippen LogP contribution in [0.15, 0.2) is 4.99 Å². The molecule has 0 rings (SSSR count). The fourth-order valence-electron chi connectivity index (χ4n) is 2.88. The highest BCUT2D eigenvalue weighted by Gasteiger charge is 2.32. The van der Waals surface area contributed by atoms with E-state index in [-0.39, 0.29) is 31.3 Å². The number of guanidine groups is 1. The van der Waals surface area contributed by atoms with Crippen molar-refractivity contribution in [2.75, 3.05) is 6.54 Å². The maximum Gasteiger partial charge on any atom is 0.326 e. The van der Waals surface area contributed by atoms with Crippen molar-refractivity contribution in [3.8, 4) is 0 Å². The number of aliphatic carboxylic acids is 2. The summed E-state index contributed by atoms with van der Waals surface area (Å²) in [6.07, 6.45) is -0.824. The molecule has 0 aromatic rings. The van der Waals surface area contributed by atoms with Gasteiger partial charge in [-0.1, -0.05) is 20.3 Å². The van der Waals surface area contributed by atoms with Crippen LogP contribution in [0.25, 0.3) is 0 Å². The number of nitrogens with zero attached hydrogens (tertiary/aromatic N) is 1. The molecule has 204 valence electrons. The van der Waals surface area contributed by atoms with E-state index in [1.807, 2.05) is 12.2 Å². The summed E-state index contributed by atoms with van der Waals surface area (Å²) in [7, 11) is 0. The third kappa shape index (κ3) is 12.5. The van der Waals surface area contributed by atoms with Gasteiger partial charge in [0.2, 0.25) is 23.6 Å². The Labute approximate surface area is 207 Å². The minimum absolute atomic E-state index is 0.0171. The molecule has 4 amide bonds. The van der Waals surface area contributed by atoms with E-state index in [0.29, 0.717) is 6.42 Å². The van der Waals surface area contributed by atoms with Crippen LogP contribution in [0.2, 0.25) is 0 Å². The lowest BCUT2D eigenvalue weighted by Crippen LogP contribution is -2.58. The third-order valence-corrected chi connectivity index (χ3v) is 5.17. The predicted molar refractivity (Wildman–Crippen MR) is 127 cm³/mol. The van der Waals surface area contributed by atoms with Gasteiger partial charge in [0.25, 0.3) is 0 Å². The average molecular weight is 517 g/mol. The van der Waals surface area contributed by atoms with Crippen LogP contribution in [0.5, 0.6) is 0 Å². The van der Waals surface area contributed by atoms with E-state index >= 15 is 0 Å². The summed E-state index contributed by atoms with van der Waals surface area (Å²) in [4.78, 5) is 75.5. The van der Waals surface area contributed by atoms with Crippen LogP contribution in [0.4, 0.5) is 0 Å². The minimum atomic E-state index is -1.83. The van der Waals surface area contributed by atoms with Crippen molar-refractivity contribution >= 4 is 41.5 Å². The van der Waals surface area contributed by atoms with Gasteiger partial charge in [-0.15, -0.1) is 0 Å². The van der Waals surface area contributed by atoms with Gasteiger partial charge in [-0.3, -0.25) is 29.0 Å². The van der Waals surface area contributed by atoms with Crippen LogP contribution >= 0.6 is 0 Å². The van der Waals surface area contributed by atoms with Gasteiger partial charge in [-0.2, -0.15) is 0 Å². The number of hydrogen-bond acceptors (Lipinski definition) is 8. The maximum atomic E-state index is 13.0. The Morgan fingerprint density at radius 2 is 1.36 bits per heavy atom. The van der Waals surface area contributed by atoms with Crippen LogP contribution in [0, 0.1) is 5.92 Å². The molecule has 0 aromatic heterocycles. The van der Waals surface area contributed by atoms with E-state index in [4.69, 9.17) is 33.1 Å². The van der Waals surface area contributed by atoms with Crippen LogP contribution < -0.4 is 38.9 Å². The van der Waals surface area contributed by atoms with Crippen molar-refractivity contribution in [2.24, 2.45) is 33.8 Å². The highest BCUT2D eigenvalue weighted by molar-refractivity contribution is 5.96. The topological polar surface area (TPSA) is 295 Å². The van der Waals surface area contributed by atoms with Gasteiger partial charge in [0.15, 0.2) is 5.96 Å². The summed E-state index contributed by atoms with van der Waals surface area (Å²) < 4.78 is 0. The molecule has 0 aromatic carbocycles. The number of carboxylic acids is 2. The van der Waals surface area contributed by atoms with Gasteiger partial charge < -0.3 is 49.1 Å². The number of amides is 4. The second kappa shape index (κ2) is 15.9. The summed E-state index contributed by atoms with van der Waals surface area (Å²) in [6, 6.07) is -5.63. The Morgan fingerprint density at radius 3 is 1.83 bits per heavy atom. The zero-order valence-electron chi connectivity index (χ0n) is 20.2. The minimum Gasteiger partial charge on any atom is -0.481 e. The second-order valence-electron chi connectivity index (χ2n) is 8.15. The Bertz CT molecular complexity index is 846. The molecule has 13 N–H and O–H groups in total. The molecule has 36 heavy (non-hydrogen) atoms. The molecule has 0 aliphatic carbocycles. The van der Waals surface area contributed by atoms with E-state index in [9.17, 15) is 28.8 Å². The number of carbonyl (C=O) groups excluding carboxylic acids is 4. The molecule has 0 radical (unpaired) electrons. The Kier molecular flexibility index (Phi) is 14.1. The quantitative estimate of drug-likeness (QED) is 0.0514. The van der Waals surface area contributed by atoms with Crippen molar-refractivity contribution in [2.45, 2.75) is 70.1 Å². The SMILES string of the molecule is CCC(C)C(N)C(=O)NC(CCCN=C(N)N)C(=O)NC(CC(N)=O)C(=O)NC(CC(=O)O)C(=O)O. The van der Waals surface area contributed by atoms with Gasteiger partial charge in [0.1, 0.15) is 18.1 Å². The maximum absolute atomic E-state index is 13.0. The zero-order chi connectivity index (χ0) is 28.0. The van der Waals surface area contributed by atoms with E-state index in [1.54, 1.807) is 6.92 Å². The number of hydrogen-bond donors (Lipinski definition) is 9. The first-order chi connectivity index (χ1) is 16.7. The van der Waals surface area contributed by atoms with Crippen molar-refractivity contribution < 1.29 is 39.0 Å². The fourth-order valence-corrected chi connectivity index (χ4v) is 2.88. The normalized spacial score (nSPS) is 14.8. The molecule has 0 saturated carbocycles. The first kappa shape index (κ1) is 32.0. The number of primary amides is 1. The summed E-state index contributed by atoms with van der Waals surface area (Å²) >= 11 is 0. The van der Waals surface area contributed by atoms with Crippen LogP contribution in [0.3, 0.4) is 0 Å². The van der Waals surface area contributed by atoms with Crippen molar-refractivity contribution in [1.29, 1.82) is 0 Å². The Morgan fingerprint density at radius 1 is 0.833 bits per heavy atom. The summed E-state index contributed by atoms with van der Waals surface area (Å²) in [6.45, 7) is 3.71. The molecule has 0 fully saturated rings. The lowest BCUT2D eigenvalue weighted by atomic mass is 9.98. The van der Waals surface area contributed by atoms with Gasteiger partial charge >= 0.3 is 11.9 Å². The molecule has 5 unspecified atom stereocenters. The summed E-state index contributed by atoms with van der Waals surface area (Å²) in [5.41, 5.74) is 21.6. The molecule has 0 heterocycles. The first-order valence-electron chi connectivity index (χ1n) is 11.1. The largest absolute Gasteiger partial charge is 0.481 e. The van der Waals surface area contributed by atoms with Crippen molar-refractivity contribution in [3.05, 3.63) is 0 Å². The van der Waals surface area contributed by atoms with Crippen LogP contribution in [0.1, 0.15) is 46.0 Å². The average Bonchev–Trinajstić information content (AvgIpc) is 2.77. The molecule has 0 bridgehead atoms. The summed E-state index contributed by atoms with van der Waals surface area (Å²) in [5, 5.41) is 24.7. The van der Waals surface area contributed by atoms with Gasteiger partial charge in [-0.05, 0) is 18.8 Å². The van der Waals surface area contributed by atoms with E-state index in [0.717, 1.165) is 0 Å². The van der Waals surface area contributed by atoms with Gasteiger partial charge in [-0.25, -0.2) is 4.79 Å². The van der Waals surface area contributed by atoms with Crippen LogP contribution in [-0.2, 0) is 28.8 Å². The van der Waals surface area contributed by atoms with Gasteiger partial charge in [0, 0.05) is 6.54 Å². The molecule has 16 heteroatoms. The van der Waals surface area contributed by atoms with Crippen LogP contribution in [-0.4, -0.2) is 82.5 Å². The number of nitrogens with one attached hydrogen (secondary N) is 3. The highest BCUT2D eigenvalue weighted by atomic mass is 16.4. The number of carboxylic acid groups (broad SMARTS) is 2. The van der Waals surface area contributed by atoms with Gasteiger partial charge in [0.05, 0.1) is 18.9 Å². The fraction of sp³-hybridized carbons (Fsp3) is 0.650. The molecule has 0 spiro atoms. The molecular weight excluding hydrogens is 480 g/mol. The number of aliphatic imine (C=N–C) groups is 1. The monoisotopic (exact) mass is 516 g/mol. The highest BCUT2D eigenvalue weighted by Crippen LogP contribution is 2.08. The Balaban J connectivity index is 5.69.